The maximum Gasteiger partial charge on any atom is 0.355 e. The number of hydrogen-bond donors (Lipinski definition) is 2. The number of esters is 1. The van der Waals surface area contributed by atoms with Crippen LogP contribution in [-0.2, 0) is 16.0 Å². The van der Waals surface area contributed by atoms with Crippen molar-refractivity contribution in [3.05, 3.63) is 59.2 Å². The monoisotopic (exact) mass is 332 g/mol. The van der Waals surface area contributed by atoms with E-state index in [1.807, 2.05) is 0 Å². The zero-order valence-electron chi connectivity index (χ0n) is 13.1. The summed E-state index contributed by atoms with van der Waals surface area (Å²) in [5.41, 5.74) is 0.952. The minimum absolute atomic E-state index is 0.0966. The van der Waals surface area contributed by atoms with E-state index < -0.39 is 18.5 Å². The molecule has 0 aliphatic heterocycles. The third-order valence-electron chi connectivity index (χ3n) is 3.32. The number of hydrogen-bond acceptors (Lipinski definition) is 4. The molecular formula is C17H17FN2O4. The van der Waals surface area contributed by atoms with Gasteiger partial charge in [-0.2, -0.15) is 0 Å². The van der Waals surface area contributed by atoms with E-state index in [9.17, 15) is 18.8 Å². The van der Waals surface area contributed by atoms with Gasteiger partial charge in [-0.3, -0.25) is 9.59 Å². The van der Waals surface area contributed by atoms with E-state index in [1.54, 1.807) is 18.2 Å². The van der Waals surface area contributed by atoms with Crippen molar-refractivity contribution < 1.29 is 23.5 Å². The SMILES string of the molecule is CC(=O)c1c[nH]c(C(=O)OCC(=O)NCCc2ccccc2F)c1. The Morgan fingerprint density at radius 1 is 1.25 bits per heavy atom. The van der Waals surface area contributed by atoms with Crippen LogP contribution < -0.4 is 5.32 Å². The molecule has 24 heavy (non-hydrogen) atoms. The molecule has 0 fully saturated rings. The first-order valence-corrected chi connectivity index (χ1v) is 7.34. The number of Topliss-reactive ketones (excluding diaryl/α,β-unsaturated/α-hetero) is 1. The van der Waals surface area contributed by atoms with Crippen LogP contribution in [0, 0.1) is 5.82 Å². The van der Waals surface area contributed by atoms with Crippen molar-refractivity contribution in [1.82, 2.24) is 10.3 Å². The molecule has 1 aromatic carbocycles. The summed E-state index contributed by atoms with van der Waals surface area (Å²) in [5.74, 6) is -1.73. The van der Waals surface area contributed by atoms with Crippen LogP contribution in [-0.4, -0.2) is 35.8 Å². The Morgan fingerprint density at radius 3 is 2.67 bits per heavy atom. The summed E-state index contributed by atoms with van der Waals surface area (Å²) in [6.07, 6.45) is 1.73. The Kier molecular flexibility index (Phi) is 5.83. The maximum atomic E-state index is 13.4. The molecule has 7 heteroatoms. The van der Waals surface area contributed by atoms with Gasteiger partial charge in [-0.05, 0) is 31.0 Å². The molecule has 0 unspecified atom stereocenters. The van der Waals surface area contributed by atoms with Gasteiger partial charge in [-0.25, -0.2) is 9.18 Å². The number of carbonyl (C=O) groups excluding carboxylic acids is 3. The van der Waals surface area contributed by atoms with E-state index in [2.05, 4.69) is 10.3 Å². The Labute approximate surface area is 138 Å². The number of H-pyrrole nitrogens is 1. The fourth-order valence-corrected chi connectivity index (χ4v) is 2.01. The molecular weight excluding hydrogens is 315 g/mol. The van der Waals surface area contributed by atoms with Gasteiger partial charge < -0.3 is 15.0 Å². The van der Waals surface area contributed by atoms with Crippen LogP contribution in [0.15, 0.2) is 36.5 Å². The molecule has 0 aliphatic rings. The molecule has 6 nitrogen and oxygen atoms in total. The lowest BCUT2D eigenvalue weighted by atomic mass is 10.1. The van der Waals surface area contributed by atoms with Crippen LogP contribution in [0.5, 0.6) is 0 Å². The smallest absolute Gasteiger partial charge is 0.355 e. The van der Waals surface area contributed by atoms with Crippen LogP contribution >= 0.6 is 0 Å². The highest BCUT2D eigenvalue weighted by Gasteiger charge is 2.13. The first-order chi connectivity index (χ1) is 11.5. The van der Waals surface area contributed by atoms with Crippen molar-refractivity contribution in [1.29, 1.82) is 0 Å². The third-order valence-corrected chi connectivity index (χ3v) is 3.32. The number of aromatic amines is 1. The highest BCUT2D eigenvalue weighted by atomic mass is 19.1. The second-order valence-corrected chi connectivity index (χ2v) is 5.13. The van der Waals surface area contributed by atoms with Gasteiger partial charge in [-0.1, -0.05) is 18.2 Å². The molecule has 2 aromatic rings. The van der Waals surface area contributed by atoms with Gasteiger partial charge in [0.05, 0.1) is 0 Å². The lowest BCUT2D eigenvalue weighted by Gasteiger charge is -2.06. The molecule has 126 valence electrons. The van der Waals surface area contributed by atoms with Crippen LogP contribution in [0.4, 0.5) is 4.39 Å². The minimum atomic E-state index is -0.730. The molecule has 2 rings (SSSR count). The van der Waals surface area contributed by atoms with Crippen molar-refractivity contribution in [3.63, 3.8) is 0 Å². The van der Waals surface area contributed by atoms with Gasteiger partial charge in [0.1, 0.15) is 11.5 Å². The van der Waals surface area contributed by atoms with Gasteiger partial charge >= 0.3 is 5.97 Å². The quantitative estimate of drug-likeness (QED) is 0.598. The molecule has 0 radical (unpaired) electrons. The number of amides is 1. The zero-order valence-corrected chi connectivity index (χ0v) is 13.1. The summed E-state index contributed by atoms with van der Waals surface area (Å²) in [5, 5.41) is 2.54. The van der Waals surface area contributed by atoms with Crippen molar-refractivity contribution in [2.75, 3.05) is 13.2 Å². The fourth-order valence-electron chi connectivity index (χ4n) is 2.01. The normalized spacial score (nSPS) is 10.2. The predicted molar refractivity (Wildman–Crippen MR) is 84.2 cm³/mol. The largest absolute Gasteiger partial charge is 0.451 e. The Morgan fingerprint density at radius 2 is 2.00 bits per heavy atom. The second-order valence-electron chi connectivity index (χ2n) is 5.13. The first-order valence-electron chi connectivity index (χ1n) is 7.34. The number of ether oxygens (including phenoxy) is 1. The van der Waals surface area contributed by atoms with E-state index in [1.165, 1.54) is 25.3 Å². The van der Waals surface area contributed by atoms with E-state index in [0.29, 0.717) is 17.5 Å². The zero-order chi connectivity index (χ0) is 17.5. The summed E-state index contributed by atoms with van der Waals surface area (Å²) in [6.45, 7) is 1.15. The summed E-state index contributed by atoms with van der Waals surface area (Å²) in [4.78, 5) is 37.1. The standard InChI is InChI=1S/C17H17FN2O4/c1-11(21)13-8-15(20-9-13)17(23)24-10-16(22)19-7-6-12-4-2-3-5-14(12)18/h2-5,8-9,20H,6-7,10H2,1H3,(H,19,22). The average Bonchev–Trinajstić information content (AvgIpc) is 3.05. The van der Waals surface area contributed by atoms with Crippen molar-refractivity contribution in [2.45, 2.75) is 13.3 Å². The number of rotatable bonds is 7. The van der Waals surface area contributed by atoms with Crippen LogP contribution in [0.1, 0.15) is 33.3 Å². The van der Waals surface area contributed by atoms with Gasteiger partial charge in [0.15, 0.2) is 12.4 Å². The highest BCUT2D eigenvalue weighted by molar-refractivity contribution is 5.97. The Bertz CT molecular complexity index is 755. The van der Waals surface area contributed by atoms with Crippen LogP contribution in [0.2, 0.25) is 0 Å². The summed E-state index contributed by atoms with van der Waals surface area (Å²) < 4.78 is 18.2. The lowest BCUT2D eigenvalue weighted by Crippen LogP contribution is -2.30. The number of nitrogens with one attached hydrogen (secondary N) is 2. The van der Waals surface area contributed by atoms with Gasteiger partial charge in [0.2, 0.25) is 0 Å². The Hall–Kier alpha value is -2.96. The van der Waals surface area contributed by atoms with E-state index in [0.717, 1.165) is 0 Å². The molecule has 1 aromatic heterocycles. The molecule has 0 bridgehead atoms. The summed E-state index contributed by atoms with van der Waals surface area (Å²) in [6, 6.07) is 7.66. The molecule has 1 heterocycles. The van der Waals surface area contributed by atoms with E-state index in [4.69, 9.17) is 4.74 Å². The summed E-state index contributed by atoms with van der Waals surface area (Å²) >= 11 is 0. The first kappa shape index (κ1) is 17.4. The number of halogens is 1. The van der Waals surface area contributed by atoms with Gasteiger partial charge in [-0.15, -0.1) is 0 Å². The second kappa shape index (κ2) is 8.05. The van der Waals surface area contributed by atoms with Crippen LogP contribution in [0.3, 0.4) is 0 Å². The molecule has 0 saturated carbocycles. The number of carbonyl (C=O) groups is 3. The van der Waals surface area contributed by atoms with E-state index in [-0.39, 0.29) is 23.8 Å². The maximum absolute atomic E-state index is 13.4. The molecule has 0 aliphatic carbocycles. The molecule has 0 saturated heterocycles. The number of benzene rings is 1. The minimum Gasteiger partial charge on any atom is -0.451 e. The predicted octanol–water partition coefficient (Wildman–Crippen LogP) is 1.87. The van der Waals surface area contributed by atoms with Crippen LogP contribution in [0.25, 0.3) is 0 Å². The molecule has 0 atom stereocenters. The molecule has 2 N–H and O–H groups in total. The van der Waals surface area contributed by atoms with Crippen molar-refractivity contribution in [2.24, 2.45) is 0 Å². The molecule has 1 amide bonds. The highest BCUT2D eigenvalue weighted by Crippen LogP contribution is 2.07. The summed E-state index contributed by atoms with van der Waals surface area (Å²) in [7, 11) is 0. The number of aromatic nitrogens is 1. The van der Waals surface area contributed by atoms with Gasteiger partial charge in [0, 0.05) is 18.3 Å². The number of ketones is 1. The van der Waals surface area contributed by atoms with Crippen molar-refractivity contribution in [3.8, 4) is 0 Å². The average molecular weight is 332 g/mol. The van der Waals surface area contributed by atoms with E-state index >= 15 is 0 Å². The topological polar surface area (TPSA) is 88.3 Å². The fraction of sp³-hybridized carbons (Fsp3) is 0.235. The lowest BCUT2D eigenvalue weighted by molar-refractivity contribution is -0.124. The Balaban J connectivity index is 1.73. The van der Waals surface area contributed by atoms with Crippen molar-refractivity contribution >= 4 is 17.7 Å². The molecule has 0 spiro atoms. The third kappa shape index (κ3) is 4.77. The van der Waals surface area contributed by atoms with Gasteiger partial charge in [0.25, 0.3) is 5.91 Å².